The van der Waals surface area contributed by atoms with Gasteiger partial charge in [-0.1, -0.05) is 29.8 Å². The van der Waals surface area contributed by atoms with Crippen LogP contribution in [0.15, 0.2) is 36.5 Å². The molecule has 0 saturated heterocycles. The lowest BCUT2D eigenvalue weighted by atomic mass is 9.80. The fraction of sp³-hybridized carbons (Fsp3) is 0.357. The highest BCUT2D eigenvalue weighted by molar-refractivity contribution is 6.32. The maximum absolute atomic E-state index is 6.29. The van der Waals surface area contributed by atoms with E-state index >= 15 is 0 Å². The minimum absolute atomic E-state index is 0.393. The van der Waals surface area contributed by atoms with Gasteiger partial charge in [0.05, 0.1) is 5.69 Å². The van der Waals surface area contributed by atoms with Crippen molar-refractivity contribution in [3.8, 4) is 0 Å². The van der Waals surface area contributed by atoms with Gasteiger partial charge < -0.3 is 0 Å². The van der Waals surface area contributed by atoms with E-state index < -0.39 is 5.41 Å². The van der Waals surface area contributed by atoms with Crippen LogP contribution in [0.3, 0.4) is 0 Å². The topological polar surface area (TPSA) is 17.8 Å². The number of benzene rings is 1. The first-order valence-electron chi connectivity index (χ1n) is 5.97. The monoisotopic (exact) mass is 316 g/mol. The number of nitrogens with zero attached hydrogens (tertiary/aromatic N) is 2. The smallest absolute Gasteiger partial charge is 0.0634 e. The van der Waals surface area contributed by atoms with Crippen LogP contribution < -0.4 is 0 Å². The number of rotatable bonds is 5. The van der Waals surface area contributed by atoms with E-state index in [9.17, 15) is 0 Å². The highest BCUT2D eigenvalue weighted by Crippen LogP contribution is 2.35. The van der Waals surface area contributed by atoms with Crippen LogP contribution in [0.25, 0.3) is 0 Å². The zero-order valence-corrected chi connectivity index (χ0v) is 12.9. The zero-order valence-electron chi connectivity index (χ0n) is 10.6. The summed E-state index contributed by atoms with van der Waals surface area (Å²) in [4.78, 5) is 0. The summed E-state index contributed by atoms with van der Waals surface area (Å²) in [7, 11) is 1.89. The third kappa shape index (κ3) is 3.07. The molecule has 0 radical (unpaired) electrons. The van der Waals surface area contributed by atoms with Gasteiger partial charge in [0.2, 0.25) is 0 Å². The summed E-state index contributed by atoms with van der Waals surface area (Å²) in [5.41, 5.74) is 1.55. The SMILES string of the molecule is Cn1ccc(CC(CCl)(CCl)c2ccccc2Cl)n1. The lowest BCUT2D eigenvalue weighted by molar-refractivity contribution is 0.524. The Hall–Kier alpha value is -0.700. The largest absolute Gasteiger partial charge is 0.276 e. The second kappa shape index (κ2) is 6.17. The molecule has 1 aromatic heterocycles. The molecule has 2 nitrogen and oxygen atoms in total. The second-order valence-electron chi connectivity index (χ2n) is 4.68. The first kappa shape index (κ1) is 14.7. The fourth-order valence-electron chi connectivity index (χ4n) is 2.16. The standard InChI is InChI=1S/C14H15Cl3N2/c1-19-7-6-11(18-19)8-14(9-15,10-16)12-4-2-3-5-13(12)17/h2-7H,8-10H2,1H3. The Morgan fingerprint density at radius 1 is 1.16 bits per heavy atom. The van der Waals surface area contributed by atoms with Crippen molar-refractivity contribution in [1.29, 1.82) is 0 Å². The molecule has 2 aromatic rings. The van der Waals surface area contributed by atoms with Crippen LogP contribution >= 0.6 is 34.8 Å². The zero-order chi connectivity index (χ0) is 13.9. The quantitative estimate of drug-likeness (QED) is 0.761. The van der Waals surface area contributed by atoms with Gasteiger partial charge in [0, 0.05) is 41.9 Å². The molecule has 0 aliphatic heterocycles. The molecule has 0 unspecified atom stereocenters. The van der Waals surface area contributed by atoms with E-state index in [-0.39, 0.29) is 0 Å². The van der Waals surface area contributed by atoms with Crippen molar-refractivity contribution in [2.75, 3.05) is 11.8 Å². The molecule has 102 valence electrons. The third-order valence-electron chi connectivity index (χ3n) is 3.25. The van der Waals surface area contributed by atoms with Gasteiger partial charge in [0.25, 0.3) is 0 Å². The van der Waals surface area contributed by atoms with Crippen molar-refractivity contribution in [3.05, 3.63) is 52.8 Å². The molecule has 1 aromatic carbocycles. The van der Waals surface area contributed by atoms with Crippen LogP contribution in [0.5, 0.6) is 0 Å². The molecule has 0 fully saturated rings. The lowest BCUT2D eigenvalue weighted by Gasteiger charge is -2.30. The second-order valence-corrected chi connectivity index (χ2v) is 5.63. The number of aromatic nitrogens is 2. The number of hydrogen-bond donors (Lipinski definition) is 0. The summed E-state index contributed by atoms with van der Waals surface area (Å²) < 4.78 is 1.77. The first-order valence-corrected chi connectivity index (χ1v) is 7.41. The summed E-state index contributed by atoms with van der Waals surface area (Å²) in [5, 5.41) is 5.10. The van der Waals surface area contributed by atoms with Crippen molar-refractivity contribution >= 4 is 34.8 Å². The number of hydrogen-bond acceptors (Lipinski definition) is 1. The van der Waals surface area contributed by atoms with Crippen LogP contribution in [0.4, 0.5) is 0 Å². The van der Waals surface area contributed by atoms with Gasteiger partial charge in [-0.2, -0.15) is 5.10 Å². The first-order chi connectivity index (χ1) is 9.11. The molecule has 0 N–H and O–H groups in total. The average Bonchev–Trinajstić information content (AvgIpc) is 2.82. The fourth-order valence-corrected chi connectivity index (χ4v) is 3.26. The third-order valence-corrected chi connectivity index (χ3v) is 4.60. The summed E-state index contributed by atoms with van der Waals surface area (Å²) in [5.74, 6) is 0.799. The van der Waals surface area contributed by atoms with E-state index in [4.69, 9.17) is 34.8 Å². The summed E-state index contributed by atoms with van der Waals surface area (Å²) in [6.07, 6.45) is 2.58. The summed E-state index contributed by atoms with van der Waals surface area (Å²) in [6, 6.07) is 9.68. The molecule has 2 rings (SSSR count). The van der Waals surface area contributed by atoms with Crippen LogP contribution in [-0.4, -0.2) is 21.5 Å². The Morgan fingerprint density at radius 3 is 2.37 bits per heavy atom. The normalized spacial score (nSPS) is 11.8. The molecular weight excluding hydrogens is 303 g/mol. The molecule has 0 amide bonds. The van der Waals surface area contributed by atoms with Crippen molar-refractivity contribution < 1.29 is 0 Å². The maximum atomic E-state index is 6.29. The molecule has 0 spiro atoms. The van der Waals surface area contributed by atoms with Crippen molar-refractivity contribution in [2.24, 2.45) is 7.05 Å². The minimum Gasteiger partial charge on any atom is -0.276 e. The predicted molar refractivity (Wildman–Crippen MR) is 81.5 cm³/mol. The Morgan fingerprint density at radius 2 is 1.84 bits per heavy atom. The van der Waals surface area contributed by atoms with Gasteiger partial charge in [-0.05, 0) is 17.7 Å². The molecule has 5 heteroatoms. The van der Waals surface area contributed by atoms with Crippen molar-refractivity contribution in [1.82, 2.24) is 9.78 Å². The molecule has 19 heavy (non-hydrogen) atoms. The van der Waals surface area contributed by atoms with Crippen LogP contribution in [-0.2, 0) is 18.9 Å². The maximum Gasteiger partial charge on any atom is 0.0634 e. The van der Waals surface area contributed by atoms with Crippen molar-refractivity contribution in [2.45, 2.75) is 11.8 Å². The highest BCUT2D eigenvalue weighted by Gasteiger charge is 2.33. The molecule has 0 aliphatic rings. The van der Waals surface area contributed by atoms with Crippen molar-refractivity contribution in [3.63, 3.8) is 0 Å². The Kier molecular flexibility index (Phi) is 4.77. The number of alkyl halides is 2. The van der Waals surface area contributed by atoms with Crippen LogP contribution in [0, 0.1) is 0 Å². The summed E-state index contributed by atoms with van der Waals surface area (Å²) >= 11 is 18.7. The van der Waals surface area contributed by atoms with Gasteiger partial charge in [-0.3, -0.25) is 4.68 Å². The van der Waals surface area contributed by atoms with E-state index in [0.29, 0.717) is 23.2 Å². The number of aryl methyl sites for hydroxylation is 1. The molecule has 1 heterocycles. The summed E-state index contributed by atoms with van der Waals surface area (Å²) in [6.45, 7) is 0. The minimum atomic E-state index is -0.393. The van der Waals surface area contributed by atoms with E-state index in [1.54, 1.807) is 4.68 Å². The van der Waals surface area contributed by atoms with Gasteiger partial charge in [0.1, 0.15) is 0 Å². The van der Waals surface area contributed by atoms with Gasteiger partial charge in [-0.25, -0.2) is 0 Å². The average molecular weight is 318 g/mol. The predicted octanol–water partition coefficient (Wildman–Crippen LogP) is 4.03. The molecule has 0 aliphatic carbocycles. The number of halogens is 3. The van der Waals surface area contributed by atoms with Gasteiger partial charge in [0.15, 0.2) is 0 Å². The van der Waals surface area contributed by atoms with Gasteiger partial charge >= 0.3 is 0 Å². The Labute approximate surface area is 128 Å². The molecule has 0 atom stereocenters. The van der Waals surface area contributed by atoms with Crippen LogP contribution in [0.1, 0.15) is 11.3 Å². The lowest BCUT2D eigenvalue weighted by Crippen LogP contribution is -2.34. The van der Waals surface area contributed by atoms with Crippen LogP contribution in [0.2, 0.25) is 5.02 Å². The molecule has 0 bridgehead atoms. The molecule has 0 saturated carbocycles. The Balaban J connectivity index is 2.40. The van der Waals surface area contributed by atoms with Gasteiger partial charge in [-0.15, -0.1) is 23.2 Å². The van der Waals surface area contributed by atoms with E-state index in [1.807, 2.05) is 43.6 Å². The van der Waals surface area contributed by atoms with E-state index in [0.717, 1.165) is 11.3 Å². The van der Waals surface area contributed by atoms with E-state index in [1.165, 1.54) is 0 Å². The van der Waals surface area contributed by atoms with E-state index in [2.05, 4.69) is 5.10 Å². The molecular formula is C14H15Cl3N2. The highest BCUT2D eigenvalue weighted by atomic mass is 35.5. The Bertz CT molecular complexity index is 547.